The van der Waals surface area contributed by atoms with E-state index in [1.54, 1.807) is 36.7 Å². The average molecular weight is 399 g/mol. The summed E-state index contributed by atoms with van der Waals surface area (Å²) in [6, 6.07) is 6.87. The van der Waals surface area contributed by atoms with Crippen molar-refractivity contribution in [3.05, 3.63) is 60.2 Å². The minimum absolute atomic E-state index is 0.302. The summed E-state index contributed by atoms with van der Waals surface area (Å²) in [5.74, 6) is -0.603. The second kappa shape index (κ2) is 14.3. The second-order valence-corrected chi connectivity index (χ2v) is 6.94. The lowest BCUT2D eigenvalue weighted by molar-refractivity contribution is 0.0488. The first-order chi connectivity index (χ1) is 14.3. The van der Waals surface area contributed by atoms with Gasteiger partial charge in [0.15, 0.2) is 0 Å². The van der Waals surface area contributed by atoms with E-state index < -0.39 is 0 Å². The first-order valence-corrected chi connectivity index (χ1v) is 10.4. The van der Waals surface area contributed by atoms with Gasteiger partial charge in [0.1, 0.15) is 0 Å². The zero-order valence-corrected chi connectivity index (χ0v) is 16.9. The van der Waals surface area contributed by atoms with E-state index >= 15 is 0 Å². The molecule has 0 atom stereocenters. The fourth-order valence-electron chi connectivity index (χ4n) is 2.90. The van der Waals surface area contributed by atoms with Crippen molar-refractivity contribution in [1.29, 1.82) is 0 Å². The lowest BCUT2D eigenvalue weighted by Crippen LogP contribution is -2.06. The number of carbonyl (C=O) groups is 2. The number of esters is 2. The molecule has 0 aliphatic carbocycles. The first-order valence-electron chi connectivity index (χ1n) is 10.4. The summed E-state index contributed by atoms with van der Waals surface area (Å²) < 4.78 is 10.5. The van der Waals surface area contributed by atoms with E-state index in [0.717, 1.165) is 38.5 Å². The fourth-order valence-corrected chi connectivity index (χ4v) is 2.90. The van der Waals surface area contributed by atoms with Crippen molar-refractivity contribution in [3.8, 4) is 0 Å². The highest BCUT2D eigenvalue weighted by molar-refractivity contribution is 5.89. The number of aromatic nitrogens is 2. The molecule has 6 nitrogen and oxygen atoms in total. The Kier molecular flexibility index (Phi) is 11.1. The summed E-state index contributed by atoms with van der Waals surface area (Å²) in [4.78, 5) is 31.3. The van der Waals surface area contributed by atoms with Crippen molar-refractivity contribution in [2.45, 2.75) is 57.8 Å². The number of pyridine rings is 2. The summed E-state index contributed by atoms with van der Waals surface area (Å²) >= 11 is 0. The van der Waals surface area contributed by atoms with Gasteiger partial charge in [0.05, 0.1) is 24.3 Å². The third kappa shape index (κ3) is 9.83. The molecular formula is C23H30N2O4. The molecule has 0 radical (unpaired) electrons. The fraction of sp³-hybridized carbons (Fsp3) is 0.478. The highest BCUT2D eigenvalue weighted by atomic mass is 16.5. The van der Waals surface area contributed by atoms with Crippen LogP contribution in [0.15, 0.2) is 49.1 Å². The summed E-state index contributed by atoms with van der Waals surface area (Å²) in [5.41, 5.74) is 0.999. The molecule has 0 unspecified atom stereocenters. The number of hydrogen-bond donors (Lipinski definition) is 0. The van der Waals surface area contributed by atoms with Gasteiger partial charge in [-0.2, -0.15) is 0 Å². The average Bonchev–Trinajstić information content (AvgIpc) is 2.77. The lowest BCUT2D eigenvalue weighted by atomic mass is 10.1. The van der Waals surface area contributed by atoms with Crippen LogP contribution in [0.1, 0.15) is 78.5 Å². The highest BCUT2D eigenvalue weighted by Crippen LogP contribution is 2.10. The van der Waals surface area contributed by atoms with E-state index in [-0.39, 0.29) is 11.9 Å². The Balaban J connectivity index is 1.34. The summed E-state index contributed by atoms with van der Waals surface area (Å²) in [6.07, 6.45) is 16.2. The van der Waals surface area contributed by atoms with Crippen LogP contribution in [-0.4, -0.2) is 35.1 Å². The predicted octanol–water partition coefficient (Wildman–Crippen LogP) is 5.00. The minimum Gasteiger partial charge on any atom is -0.462 e. The SMILES string of the molecule is O=C(OCCCCCCCCCCCOC(=O)c1cccnc1)c1cccnc1. The zero-order valence-electron chi connectivity index (χ0n) is 16.9. The Morgan fingerprint density at radius 3 is 1.34 bits per heavy atom. The molecule has 2 aromatic heterocycles. The molecule has 2 rings (SSSR count). The van der Waals surface area contributed by atoms with Crippen molar-refractivity contribution < 1.29 is 19.1 Å². The number of carbonyl (C=O) groups excluding carboxylic acids is 2. The number of unbranched alkanes of at least 4 members (excludes halogenated alkanes) is 8. The van der Waals surface area contributed by atoms with Gasteiger partial charge in [0.25, 0.3) is 0 Å². The molecule has 0 amide bonds. The van der Waals surface area contributed by atoms with E-state index in [2.05, 4.69) is 9.97 Å². The van der Waals surface area contributed by atoms with E-state index in [4.69, 9.17) is 9.47 Å². The maximum absolute atomic E-state index is 11.7. The largest absolute Gasteiger partial charge is 0.462 e. The monoisotopic (exact) mass is 398 g/mol. The van der Waals surface area contributed by atoms with Crippen LogP contribution in [0.2, 0.25) is 0 Å². The molecular weight excluding hydrogens is 368 g/mol. The van der Waals surface area contributed by atoms with Crippen LogP contribution in [-0.2, 0) is 9.47 Å². The summed E-state index contributed by atoms with van der Waals surface area (Å²) in [6.45, 7) is 0.928. The molecule has 0 saturated carbocycles. The van der Waals surface area contributed by atoms with Crippen molar-refractivity contribution in [2.75, 3.05) is 13.2 Å². The van der Waals surface area contributed by atoms with Gasteiger partial charge in [-0.25, -0.2) is 9.59 Å². The van der Waals surface area contributed by atoms with Crippen molar-refractivity contribution in [3.63, 3.8) is 0 Å². The molecule has 6 heteroatoms. The van der Waals surface area contributed by atoms with E-state index in [1.807, 2.05) is 0 Å². The topological polar surface area (TPSA) is 78.4 Å². The highest BCUT2D eigenvalue weighted by Gasteiger charge is 2.06. The molecule has 0 bridgehead atoms. The van der Waals surface area contributed by atoms with Gasteiger partial charge in [-0.15, -0.1) is 0 Å². The molecule has 0 saturated heterocycles. The minimum atomic E-state index is -0.302. The quantitative estimate of drug-likeness (QED) is 0.329. The molecule has 2 heterocycles. The van der Waals surface area contributed by atoms with Gasteiger partial charge < -0.3 is 9.47 Å². The zero-order chi connectivity index (χ0) is 20.6. The van der Waals surface area contributed by atoms with Crippen LogP contribution in [0.25, 0.3) is 0 Å². The third-order valence-corrected chi connectivity index (χ3v) is 4.55. The Morgan fingerprint density at radius 2 is 1.00 bits per heavy atom. The first kappa shape index (κ1) is 22.5. The third-order valence-electron chi connectivity index (χ3n) is 4.55. The lowest BCUT2D eigenvalue weighted by Gasteiger charge is -2.05. The van der Waals surface area contributed by atoms with Gasteiger partial charge in [0.2, 0.25) is 0 Å². The summed E-state index contributed by atoms with van der Waals surface area (Å²) in [7, 11) is 0. The predicted molar refractivity (Wildman–Crippen MR) is 111 cm³/mol. The summed E-state index contributed by atoms with van der Waals surface area (Å²) in [5, 5.41) is 0. The Morgan fingerprint density at radius 1 is 0.621 bits per heavy atom. The molecule has 156 valence electrons. The van der Waals surface area contributed by atoms with Gasteiger partial charge in [-0.05, 0) is 37.1 Å². The molecule has 0 fully saturated rings. The normalized spacial score (nSPS) is 10.5. The number of rotatable bonds is 14. The Hall–Kier alpha value is -2.76. The van der Waals surface area contributed by atoms with Gasteiger partial charge >= 0.3 is 11.9 Å². The van der Waals surface area contributed by atoms with Crippen LogP contribution in [0.5, 0.6) is 0 Å². The molecule has 0 N–H and O–H groups in total. The van der Waals surface area contributed by atoms with Crippen LogP contribution in [0.4, 0.5) is 0 Å². The number of ether oxygens (including phenoxy) is 2. The van der Waals surface area contributed by atoms with Gasteiger partial charge in [0, 0.05) is 24.8 Å². The second-order valence-electron chi connectivity index (χ2n) is 6.94. The van der Waals surface area contributed by atoms with E-state index in [1.165, 1.54) is 31.7 Å². The Bertz CT molecular complexity index is 646. The van der Waals surface area contributed by atoms with Crippen LogP contribution in [0, 0.1) is 0 Å². The van der Waals surface area contributed by atoms with Crippen LogP contribution >= 0.6 is 0 Å². The van der Waals surface area contributed by atoms with E-state index in [9.17, 15) is 9.59 Å². The Labute approximate surface area is 172 Å². The van der Waals surface area contributed by atoms with Crippen molar-refractivity contribution in [1.82, 2.24) is 9.97 Å². The molecule has 0 aromatic carbocycles. The number of hydrogen-bond acceptors (Lipinski definition) is 6. The van der Waals surface area contributed by atoms with Gasteiger partial charge in [-0.3, -0.25) is 9.97 Å². The maximum atomic E-state index is 11.7. The van der Waals surface area contributed by atoms with Crippen LogP contribution in [0.3, 0.4) is 0 Å². The van der Waals surface area contributed by atoms with Crippen LogP contribution < -0.4 is 0 Å². The smallest absolute Gasteiger partial charge is 0.339 e. The van der Waals surface area contributed by atoms with E-state index in [0.29, 0.717) is 24.3 Å². The molecule has 2 aromatic rings. The standard InChI is InChI=1S/C23H30N2O4/c26-22(20-12-10-14-24-18-20)28-16-8-6-4-2-1-3-5-7-9-17-29-23(27)21-13-11-15-25-19-21/h10-15,18-19H,1-9,16-17H2. The maximum Gasteiger partial charge on any atom is 0.339 e. The molecule has 0 aliphatic heterocycles. The molecule has 29 heavy (non-hydrogen) atoms. The number of nitrogens with zero attached hydrogens (tertiary/aromatic N) is 2. The molecule has 0 spiro atoms. The van der Waals surface area contributed by atoms with Gasteiger partial charge in [-0.1, -0.05) is 44.9 Å². The van der Waals surface area contributed by atoms with Crippen molar-refractivity contribution in [2.24, 2.45) is 0 Å². The molecule has 0 aliphatic rings. The van der Waals surface area contributed by atoms with Crippen molar-refractivity contribution >= 4 is 11.9 Å².